The van der Waals surface area contributed by atoms with E-state index in [0.717, 1.165) is 17.5 Å². The van der Waals surface area contributed by atoms with Gasteiger partial charge in [-0.1, -0.05) is 81.0 Å². The van der Waals surface area contributed by atoms with Crippen LogP contribution in [-0.4, -0.2) is 103 Å². The summed E-state index contributed by atoms with van der Waals surface area (Å²) in [6.07, 6.45) is 6.32. The lowest BCUT2D eigenvalue weighted by Gasteiger charge is -2.52. The van der Waals surface area contributed by atoms with Crippen molar-refractivity contribution in [2.45, 2.75) is 45.4 Å². The molecule has 0 aromatic heterocycles. The maximum atomic E-state index is 14.7. The van der Waals surface area contributed by atoms with E-state index in [9.17, 15) is 27.9 Å². The van der Waals surface area contributed by atoms with Gasteiger partial charge in [0.05, 0.1) is 29.0 Å². The van der Waals surface area contributed by atoms with Crippen molar-refractivity contribution >= 4 is 33.2 Å². The summed E-state index contributed by atoms with van der Waals surface area (Å²) in [5, 5.41) is 9.35. The first-order valence-electron chi connectivity index (χ1n) is 16.6. The van der Waals surface area contributed by atoms with E-state index < -0.39 is 21.2 Å². The number of hydrogen-bond donors (Lipinski definition) is 1. The van der Waals surface area contributed by atoms with Crippen LogP contribution >= 0.6 is 0 Å². The third-order valence-corrected chi connectivity index (χ3v) is 12.6. The molecular formula is C37H45N3O6S. The van der Waals surface area contributed by atoms with Gasteiger partial charge < -0.3 is 14.9 Å². The Morgan fingerprint density at radius 3 is 2.09 bits per heavy atom. The highest BCUT2D eigenvalue weighted by Crippen LogP contribution is 2.55. The first kappa shape index (κ1) is 33.2. The molecule has 2 fully saturated rings. The zero-order valence-electron chi connectivity index (χ0n) is 27.6. The maximum Gasteiger partial charge on any atom is 0.335 e. The molecule has 6 rings (SSSR count). The van der Waals surface area contributed by atoms with E-state index in [1.54, 1.807) is 12.1 Å². The Morgan fingerprint density at radius 2 is 1.47 bits per heavy atom. The number of carbonyl (C=O) groups is 3. The van der Waals surface area contributed by atoms with Crippen molar-refractivity contribution in [1.82, 2.24) is 14.7 Å². The molecule has 250 valence electrons. The fourth-order valence-electron chi connectivity index (χ4n) is 8.38. The summed E-state index contributed by atoms with van der Waals surface area (Å²) in [4.78, 5) is 45.2. The van der Waals surface area contributed by atoms with E-state index in [1.165, 1.54) is 11.1 Å². The van der Waals surface area contributed by atoms with Crippen LogP contribution in [0.3, 0.4) is 0 Å². The number of piperidine rings is 1. The van der Waals surface area contributed by atoms with Gasteiger partial charge >= 0.3 is 5.97 Å². The number of allylic oxidation sites excluding steroid dienone is 2. The van der Waals surface area contributed by atoms with E-state index in [1.807, 2.05) is 57.2 Å². The number of carboxylic acid groups (broad SMARTS) is 1. The van der Waals surface area contributed by atoms with Gasteiger partial charge in [-0.05, 0) is 48.1 Å². The molecule has 1 atom stereocenters. The Balaban J connectivity index is 1.19. The number of rotatable bonds is 6. The second-order valence-corrected chi connectivity index (χ2v) is 16.8. The van der Waals surface area contributed by atoms with E-state index >= 15 is 0 Å². The SMILES string of the molecule is CC1(C)C(c2ccc(C(=O)O)cc2)=CC[C@]2(C)CN(C(=O)C3(c4ccccc4)CCN(C(=O)CN4CCS(=O)(=O)CC4)CC3)CC=C12. The number of likely N-dealkylation sites (tertiary alicyclic amines) is 1. The first-order chi connectivity index (χ1) is 22.2. The third-order valence-electron chi connectivity index (χ3n) is 11.0. The molecule has 0 spiro atoms. The molecule has 0 unspecified atom stereocenters. The summed E-state index contributed by atoms with van der Waals surface area (Å²) in [5.41, 5.74) is 3.43. The molecule has 0 radical (unpaired) electrons. The summed E-state index contributed by atoms with van der Waals surface area (Å²) in [6.45, 7) is 9.67. The standard InChI is InChI=1S/C37H45N3O6S/c1-35(2)30(27-9-11-28(12-10-27)33(42)43)13-15-36(3)26-40(18-14-31(35)36)34(44)37(29-7-5-4-6-8-29)16-19-39(20-17-37)32(41)25-38-21-23-47(45,46)24-22-38/h4-14H,15-26H2,1-3H3,(H,42,43)/t36-/m1/s1. The number of benzene rings is 2. The van der Waals surface area contributed by atoms with Crippen LogP contribution < -0.4 is 0 Å². The van der Waals surface area contributed by atoms with Gasteiger partial charge in [-0.25, -0.2) is 13.2 Å². The smallest absolute Gasteiger partial charge is 0.335 e. The van der Waals surface area contributed by atoms with Crippen molar-refractivity contribution in [3.05, 3.63) is 89.0 Å². The second-order valence-electron chi connectivity index (χ2n) is 14.5. The average molecular weight is 660 g/mol. The van der Waals surface area contributed by atoms with Gasteiger partial charge in [0, 0.05) is 50.1 Å². The molecule has 1 N–H and O–H groups in total. The summed E-state index contributed by atoms with van der Waals surface area (Å²) >= 11 is 0. The van der Waals surface area contributed by atoms with Gasteiger partial charge in [0.1, 0.15) is 0 Å². The highest BCUT2D eigenvalue weighted by atomic mass is 32.2. The molecule has 10 heteroatoms. The maximum absolute atomic E-state index is 14.7. The van der Waals surface area contributed by atoms with Crippen molar-refractivity contribution in [2.75, 3.05) is 57.3 Å². The van der Waals surface area contributed by atoms with Crippen LogP contribution in [0.25, 0.3) is 5.57 Å². The Labute approximate surface area is 277 Å². The molecule has 47 heavy (non-hydrogen) atoms. The zero-order valence-corrected chi connectivity index (χ0v) is 28.4. The topological polar surface area (TPSA) is 115 Å². The number of nitrogens with zero attached hydrogens (tertiary/aromatic N) is 3. The van der Waals surface area contributed by atoms with Gasteiger partial charge in [0.2, 0.25) is 11.8 Å². The predicted octanol–water partition coefficient (Wildman–Crippen LogP) is 4.26. The van der Waals surface area contributed by atoms with Crippen LogP contribution in [0.2, 0.25) is 0 Å². The predicted molar refractivity (Wildman–Crippen MR) is 182 cm³/mol. The molecule has 2 amide bonds. The third kappa shape index (κ3) is 6.29. The molecule has 4 aliphatic rings. The number of amides is 2. The van der Waals surface area contributed by atoms with Crippen LogP contribution in [0.15, 0.2) is 72.3 Å². The van der Waals surface area contributed by atoms with Crippen LogP contribution in [0.4, 0.5) is 0 Å². The molecule has 0 bridgehead atoms. The fourth-order valence-corrected chi connectivity index (χ4v) is 9.66. The summed E-state index contributed by atoms with van der Waals surface area (Å²) in [7, 11) is -3.01. The lowest BCUT2D eigenvalue weighted by molar-refractivity contribution is -0.144. The van der Waals surface area contributed by atoms with Crippen LogP contribution in [-0.2, 0) is 24.8 Å². The normalized spacial score (nSPS) is 25.3. The van der Waals surface area contributed by atoms with Gasteiger partial charge in [-0.3, -0.25) is 14.5 Å². The molecule has 2 aromatic carbocycles. The van der Waals surface area contributed by atoms with E-state index in [2.05, 4.69) is 32.9 Å². The minimum Gasteiger partial charge on any atom is -0.478 e. The van der Waals surface area contributed by atoms with Crippen molar-refractivity contribution < 1.29 is 27.9 Å². The van der Waals surface area contributed by atoms with Crippen molar-refractivity contribution in [3.8, 4) is 0 Å². The van der Waals surface area contributed by atoms with Crippen LogP contribution in [0.1, 0.15) is 61.5 Å². The molecular weight excluding hydrogens is 614 g/mol. The summed E-state index contributed by atoms with van der Waals surface area (Å²) < 4.78 is 23.7. The van der Waals surface area contributed by atoms with Crippen LogP contribution in [0, 0.1) is 10.8 Å². The number of hydrogen-bond acceptors (Lipinski definition) is 6. The Morgan fingerprint density at radius 1 is 0.830 bits per heavy atom. The van der Waals surface area contributed by atoms with E-state index in [4.69, 9.17) is 0 Å². The summed E-state index contributed by atoms with van der Waals surface area (Å²) in [5.74, 6) is -0.675. The molecule has 3 aliphatic heterocycles. The van der Waals surface area contributed by atoms with E-state index in [-0.39, 0.29) is 46.3 Å². The number of sulfone groups is 1. The highest BCUT2D eigenvalue weighted by Gasteiger charge is 2.51. The monoisotopic (exact) mass is 659 g/mol. The van der Waals surface area contributed by atoms with Gasteiger partial charge in [-0.15, -0.1) is 0 Å². The lowest BCUT2D eigenvalue weighted by Crippen LogP contribution is -2.58. The zero-order chi connectivity index (χ0) is 33.6. The summed E-state index contributed by atoms with van der Waals surface area (Å²) in [6, 6.07) is 17.0. The number of carboxylic acids is 1. The minimum atomic E-state index is -3.01. The average Bonchev–Trinajstić information content (AvgIpc) is 3.05. The number of aromatic carboxylic acids is 1. The molecule has 0 saturated carbocycles. The molecule has 2 aromatic rings. The molecule has 1 aliphatic carbocycles. The fraction of sp³-hybridized carbons (Fsp3) is 0.486. The largest absolute Gasteiger partial charge is 0.478 e. The van der Waals surface area contributed by atoms with E-state index in [0.29, 0.717) is 52.1 Å². The van der Waals surface area contributed by atoms with Gasteiger partial charge in [0.25, 0.3) is 0 Å². The van der Waals surface area contributed by atoms with Crippen LogP contribution in [0.5, 0.6) is 0 Å². The van der Waals surface area contributed by atoms with Crippen molar-refractivity contribution in [3.63, 3.8) is 0 Å². The minimum absolute atomic E-state index is 0.0129. The van der Waals surface area contributed by atoms with Gasteiger partial charge in [-0.2, -0.15) is 0 Å². The van der Waals surface area contributed by atoms with Crippen molar-refractivity contribution in [2.24, 2.45) is 10.8 Å². The molecule has 2 saturated heterocycles. The molecule has 3 heterocycles. The Kier molecular flexibility index (Phi) is 8.72. The van der Waals surface area contributed by atoms with Crippen molar-refractivity contribution in [1.29, 1.82) is 0 Å². The second kappa shape index (κ2) is 12.4. The van der Waals surface area contributed by atoms with Gasteiger partial charge in [0.15, 0.2) is 9.84 Å². The number of fused-ring (bicyclic) bond motifs is 1. The molecule has 9 nitrogen and oxygen atoms in total. The lowest BCUT2D eigenvalue weighted by atomic mass is 9.58. The Bertz CT molecular complexity index is 1710. The quantitative estimate of drug-likeness (QED) is 0.461. The Hall–Kier alpha value is -3.76. The first-order valence-corrected chi connectivity index (χ1v) is 18.4. The number of carbonyl (C=O) groups excluding carboxylic acids is 2. The highest BCUT2D eigenvalue weighted by molar-refractivity contribution is 7.91.